The lowest BCUT2D eigenvalue weighted by Crippen LogP contribution is -2.60. The lowest BCUT2D eigenvalue weighted by molar-refractivity contribution is -0.146. The van der Waals surface area contributed by atoms with Crippen molar-refractivity contribution in [1.82, 2.24) is 4.90 Å². The van der Waals surface area contributed by atoms with E-state index in [2.05, 4.69) is 14.9 Å². The lowest BCUT2D eigenvalue weighted by atomic mass is 9.86. The summed E-state index contributed by atoms with van der Waals surface area (Å²) in [6.45, 7) is 5.83. The molecule has 6 heteroatoms. The number of fused-ring (bicyclic) bond motifs is 2. The molecule has 4 atom stereocenters. The lowest BCUT2D eigenvalue weighted by Gasteiger charge is -2.46. The zero-order valence-electron chi connectivity index (χ0n) is 11.0. The summed E-state index contributed by atoms with van der Waals surface area (Å²) in [6.07, 6.45) is 3.47. The van der Waals surface area contributed by atoms with Crippen LogP contribution in [0.3, 0.4) is 0 Å². The normalized spacial score (nSPS) is 42.8. The minimum Gasteiger partial charge on any atom is -0.344 e. The molecule has 3 fully saturated rings. The summed E-state index contributed by atoms with van der Waals surface area (Å²) in [7, 11) is 0. The van der Waals surface area contributed by atoms with Crippen molar-refractivity contribution in [3.63, 3.8) is 0 Å². The van der Waals surface area contributed by atoms with Crippen LogP contribution in [0, 0.1) is 0 Å². The smallest absolute Gasteiger partial charge is 0.163 e. The van der Waals surface area contributed by atoms with Gasteiger partial charge in [-0.25, -0.2) is 0 Å². The van der Waals surface area contributed by atoms with Crippen molar-refractivity contribution >= 4 is 0 Å². The first kappa shape index (κ1) is 12.2. The van der Waals surface area contributed by atoms with E-state index < -0.39 is 5.79 Å². The third-order valence-electron chi connectivity index (χ3n) is 4.22. The number of hydrogen-bond donors (Lipinski definition) is 0. The van der Waals surface area contributed by atoms with E-state index in [0.29, 0.717) is 6.04 Å². The highest BCUT2D eigenvalue weighted by Gasteiger charge is 2.52. The van der Waals surface area contributed by atoms with E-state index >= 15 is 0 Å². The highest BCUT2D eigenvalue weighted by molar-refractivity contribution is 5.04. The van der Waals surface area contributed by atoms with Gasteiger partial charge in [-0.15, -0.1) is 0 Å². The van der Waals surface area contributed by atoms with Crippen LogP contribution >= 0.6 is 0 Å². The van der Waals surface area contributed by atoms with Crippen LogP contribution in [0.25, 0.3) is 10.4 Å². The topological polar surface area (TPSA) is 70.5 Å². The fourth-order valence-electron chi connectivity index (χ4n) is 3.58. The Morgan fingerprint density at radius 2 is 2.17 bits per heavy atom. The molecule has 3 aliphatic heterocycles. The van der Waals surface area contributed by atoms with Gasteiger partial charge in [0.05, 0.1) is 12.1 Å². The molecule has 0 bridgehead atoms. The van der Waals surface area contributed by atoms with Crippen LogP contribution in [-0.2, 0) is 9.47 Å². The number of hydrogen-bond acceptors (Lipinski definition) is 4. The van der Waals surface area contributed by atoms with Crippen molar-refractivity contribution in [2.45, 2.75) is 63.2 Å². The largest absolute Gasteiger partial charge is 0.344 e. The Kier molecular flexibility index (Phi) is 2.98. The SMILES string of the molecule is CC1(C)O[C@H]2[C@H](N=[N+]=[N-])[C@H]3CCCCN3C[C@@H]2O1. The van der Waals surface area contributed by atoms with E-state index in [1.165, 1.54) is 12.8 Å². The van der Waals surface area contributed by atoms with Crippen LogP contribution in [0.4, 0.5) is 0 Å². The molecule has 0 spiro atoms. The molecular formula is C12H20N4O2. The first-order valence-electron chi connectivity index (χ1n) is 6.75. The van der Waals surface area contributed by atoms with Gasteiger partial charge < -0.3 is 9.47 Å². The molecule has 0 N–H and O–H groups in total. The average molecular weight is 252 g/mol. The predicted octanol–water partition coefficient (Wildman–Crippen LogP) is 2.05. The summed E-state index contributed by atoms with van der Waals surface area (Å²) < 4.78 is 11.9. The van der Waals surface area contributed by atoms with Crippen LogP contribution in [0.5, 0.6) is 0 Å². The van der Waals surface area contributed by atoms with E-state index in [4.69, 9.17) is 15.0 Å². The van der Waals surface area contributed by atoms with Crippen LogP contribution in [-0.4, -0.2) is 48.1 Å². The maximum atomic E-state index is 8.80. The van der Waals surface area contributed by atoms with Gasteiger partial charge in [0.15, 0.2) is 5.79 Å². The van der Waals surface area contributed by atoms with Gasteiger partial charge in [-0.3, -0.25) is 4.90 Å². The Morgan fingerprint density at radius 1 is 1.33 bits per heavy atom. The van der Waals surface area contributed by atoms with Crippen LogP contribution < -0.4 is 0 Å². The Labute approximate surface area is 107 Å². The fourth-order valence-corrected chi connectivity index (χ4v) is 3.58. The quantitative estimate of drug-likeness (QED) is 0.407. The molecule has 18 heavy (non-hydrogen) atoms. The number of piperidine rings is 2. The van der Waals surface area contributed by atoms with E-state index in [0.717, 1.165) is 19.5 Å². The molecular weight excluding hydrogens is 232 g/mol. The van der Waals surface area contributed by atoms with Crippen LogP contribution in [0.15, 0.2) is 5.11 Å². The molecule has 3 aliphatic rings. The molecule has 0 unspecified atom stereocenters. The molecule has 0 radical (unpaired) electrons. The highest BCUT2D eigenvalue weighted by atomic mass is 16.8. The second-order valence-corrected chi connectivity index (χ2v) is 5.89. The summed E-state index contributed by atoms with van der Waals surface area (Å²) in [5.74, 6) is -0.562. The molecule has 0 aromatic rings. The zero-order valence-corrected chi connectivity index (χ0v) is 11.0. The predicted molar refractivity (Wildman–Crippen MR) is 66.0 cm³/mol. The molecule has 0 aromatic carbocycles. The fraction of sp³-hybridized carbons (Fsp3) is 1.00. The Bertz CT molecular complexity index is 380. The molecule has 3 rings (SSSR count). The van der Waals surface area contributed by atoms with E-state index in [1.807, 2.05) is 13.8 Å². The van der Waals surface area contributed by atoms with Gasteiger partial charge in [-0.2, -0.15) is 0 Å². The van der Waals surface area contributed by atoms with Gasteiger partial charge in [0.1, 0.15) is 6.10 Å². The van der Waals surface area contributed by atoms with E-state index in [-0.39, 0.29) is 18.2 Å². The molecule has 3 saturated heterocycles. The average Bonchev–Trinajstić information content (AvgIpc) is 2.63. The Hall–Kier alpha value is -0.810. The van der Waals surface area contributed by atoms with Gasteiger partial charge in [0, 0.05) is 17.5 Å². The van der Waals surface area contributed by atoms with Crippen molar-refractivity contribution in [2.24, 2.45) is 5.11 Å². The molecule has 0 aromatic heterocycles. The molecule has 0 aliphatic carbocycles. The Balaban J connectivity index is 1.88. The molecule has 0 amide bonds. The molecule has 0 saturated carbocycles. The van der Waals surface area contributed by atoms with Gasteiger partial charge in [-0.05, 0) is 38.8 Å². The van der Waals surface area contributed by atoms with Crippen LogP contribution in [0.1, 0.15) is 33.1 Å². The van der Waals surface area contributed by atoms with Crippen molar-refractivity contribution < 1.29 is 9.47 Å². The number of rotatable bonds is 1. The van der Waals surface area contributed by atoms with E-state index in [1.54, 1.807) is 0 Å². The van der Waals surface area contributed by atoms with Gasteiger partial charge in [-0.1, -0.05) is 11.5 Å². The Morgan fingerprint density at radius 3 is 2.94 bits per heavy atom. The maximum absolute atomic E-state index is 8.80. The third-order valence-corrected chi connectivity index (χ3v) is 4.22. The van der Waals surface area contributed by atoms with E-state index in [9.17, 15) is 0 Å². The summed E-state index contributed by atoms with van der Waals surface area (Å²) in [5, 5.41) is 4.01. The zero-order chi connectivity index (χ0) is 12.8. The minimum absolute atomic E-state index is 0.0323. The van der Waals surface area contributed by atoms with Gasteiger partial charge in [0.25, 0.3) is 0 Å². The van der Waals surface area contributed by atoms with Crippen molar-refractivity contribution in [1.29, 1.82) is 0 Å². The summed E-state index contributed by atoms with van der Waals surface area (Å²) >= 11 is 0. The molecule has 6 nitrogen and oxygen atoms in total. The molecule has 100 valence electrons. The summed E-state index contributed by atoms with van der Waals surface area (Å²) in [6, 6.07) is 0.212. The van der Waals surface area contributed by atoms with Crippen LogP contribution in [0.2, 0.25) is 0 Å². The monoisotopic (exact) mass is 252 g/mol. The molecule has 3 heterocycles. The summed E-state index contributed by atoms with van der Waals surface area (Å²) in [5.41, 5.74) is 8.80. The first-order chi connectivity index (χ1) is 8.61. The number of nitrogens with zero attached hydrogens (tertiary/aromatic N) is 4. The highest BCUT2D eigenvalue weighted by Crippen LogP contribution is 2.39. The van der Waals surface area contributed by atoms with Crippen molar-refractivity contribution in [2.75, 3.05) is 13.1 Å². The third kappa shape index (κ3) is 1.99. The standard InChI is InChI=1S/C12H20N4O2/c1-12(2)17-9-7-16-6-4-3-5-8(16)10(14-15-13)11(9)18-12/h8-11H,3-7H2,1-2H3/t8-,9+,10-,11-/m1/s1. The number of ether oxygens (including phenoxy) is 2. The number of azide groups is 1. The van der Waals surface area contributed by atoms with Gasteiger partial charge >= 0.3 is 0 Å². The second kappa shape index (κ2) is 4.38. The first-order valence-corrected chi connectivity index (χ1v) is 6.75. The van der Waals surface area contributed by atoms with Crippen molar-refractivity contribution in [3.05, 3.63) is 10.4 Å². The van der Waals surface area contributed by atoms with Gasteiger partial charge in [0.2, 0.25) is 0 Å². The minimum atomic E-state index is -0.562. The van der Waals surface area contributed by atoms with Crippen molar-refractivity contribution in [3.8, 4) is 0 Å². The summed E-state index contributed by atoms with van der Waals surface area (Å²) in [4.78, 5) is 5.43. The second-order valence-electron chi connectivity index (χ2n) is 5.89. The maximum Gasteiger partial charge on any atom is 0.163 e.